The Labute approximate surface area is 155 Å². The number of H-pyrrole nitrogens is 1. The highest BCUT2D eigenvalue weighted by Crippen LogP contribution is 2.21. The number of nitrogens with zero attached hydrogens (tertiary/aromatic N) is 3. The first-order valence-electron chi connectivity index (χ1n) is 8.33. The van der Waals surface area contributed by atoms with E-state index in [9.17, 15) is 4.79 Å². The van der Waals surface area contributed by atoms with Gasteiger partial charge in [0.2, 0.25) is 0 Å². The van der Waals surface area contributed by atoms with Crippen molar-refractivity contribution >= 4 is 22.8 Å². The predicted octanol–water partition coefficient (Wildman–Crippen LogP) is 4.02. The highest BCUT2D eigenvalue weighted by Gasteiger charge is 2.12. The zero-order chi connectivity index (χ0) is 18.1. The Morgan fingerprint density at radius 1 is 1.00 bits per heavy atom. The van der Waals surface area contributed by atoms with Gasteiger partial charge in [-0.2, -0.15) is 5.10 Å². The molecule has 130 valence electrons. The lowest BCUT2D eigenvalue weighted by atomic mass is 10.2. The molecule has 0 aliphatic rings. The maximum Gasteiger partial charge on any atom is 0.262 e. The molecule has 5 nitrogen and oxygen atoms in total. The average Bonchev–Trinajstić information content (AvgIpc) is 3.06. The standard InChI is InChI=1S/C20H18N4OS/c1-13-3-7-15(8-4-13)12-26-20-22-18-17(19(25)23-20)11-21-24(18)16-9-5-14(2)6-10-16/h3-11H,12H2,1-2H3,(H,22,23,25). The van der Waals surface area contributed by atoms with Crippen molar-refractivity contribution in [3.05, 3.63) is 81.8 Å². The van der Waals surface area contributed by atoms with Gasteiger partial charge in [-0.15, -0.1) is 0 Å². The third-order valence-corrected chi connectivity index (χ3v) is 5.14. The largest absolute Gasteiger partial charge is 0.301 e. The van der Waals surface area contributed by atoms with Gasteiger partial charge in [-0.25, -0.2) is 9.67 Å². The summed E-state index contributed by atoms with van der Waals surface area (Å²) in [5.41, 5.74) is 4.89. The van der Waals surface area contributed by atoms with E-state index in [0.717, 1.165) is 11.4 Å². The highest BCUT2D eigenvalue weighted by molar-refractivity contribution is 7.98. The van der Waals surface area contributed by atoms with Crippen LogP contribution in [-0.2, 0) is 5.75 Å². The molecule has 0 radical (unpaired) electrons. The van der Waals surface area contributed by atoms with Crippen LogP contribution in [0.25, 0.3) is 16.7 Å². The number of hydrogen-bond donors (Lipinski definition) is 1. The predicted molar refractivity (Wildman–Crippen MR) is 105 cm³/mol. The molecule has 4 aromatic rings. The summed E-state index contributed by atoms with van der Waals surface area (Å²) in [5, 5.41) is 5.44. The maximum absolute atomic E-state index is 12.4. The van der Waals surface area contributed by atoms with E-state index >= 15 is 0 Å². The molecule has 0 spiro atoms. The molecule has 0 aliphatic heterocycles. The van der Waals surface area contributed by atoms with Crippen molar-refractivity contribution in [2.75, 3.05) is 0 Å². The third-order valence-electron chi connectivity index (χ3n) is 4.19. The number of benzene rings is 2. The third kappa shape index (κ3) is 3.28. The zero-order valence-electron chi connectivity index (χ0n) is 14.6. The summed E-state index contributed by atoms with van der Waals surface area (Å²) in [7, 11) is 0. The molecule has 4 rings (SSSR count). The van der Waals surface area contributed by atoms with Gasteiger partial charge >= 0.3 is 0 Å². The molecule has 6 heteroatoms. The van der Waals surface area contributed by atoms with E-state index < -0.39 is 0 Å². The van der Waals surface area contributed by atoms with E-state index in [-0.39, 0.29) is 5.56 Å². The van der Waals surface area contributed by atoms with Crippen molar-refractivity contribution in [1.29, 1.82) is 0 Å². The molecule has 0 fully saturated rings. The minimum Gasteiger partial charge on any atom is -0.301 e. The van der Waals surface area contributed by atoms with Gasteiger partial charge in [0.1, 0.15) is 5.39 Å². The van der Waals surface area contributed by atoms with E-state index in [1.54, 1.807) is 10.9 Å². The van der Waals surface area contributed by atoms with Crippen LogP contribution >= 0.6 is 11.8 Å². The van der Waals surface area contributed by atoms with Crippen LogP contribution in [0.3, 0.4) is 0 Å². The molecule has 1 N–H and O–H groups in total. The molecule has 0 saturated carbocycles. The summed E-state index contributed by atoms with van der Waals surface area (Å²) < 4.78 is 1.71. The molecule has 0 atom stereocenters. The van der Waals surface area contributed by atoms with E-state index in [1.807, 2.05) is 31.2 Å². The lowest BCUT2D eigenvalue weighted by Gasteiger charge is -2.05. The van der Waals surface area contributed by atoms with Crippen molar-refractivity contribution in [2.24, 2.45) is 0 Å². The molecule has 26 heavy (non-hydrogen) atoms. The zero-order valence-corrected chi connectivity index (χ0v) is 15.4. The van der Waals surface area contributed by atoms with E-state index in [1.165, 1.54) is 28.5 Å². The lowest BCUT2D eigenvalue weighted by molar-refractivity contribution is 0.872. The number of nitrogens with one attached hydrogen (secondary N) is 1. The number of aryl methyl sites for hydroxylation is 2. The van der Waals surface area contributed by atoms with Crippen LogP contribution in [-0.4, -0.2) is 19.7 Å². The van der Waals surface area contributed by atoms with Crippen molar-refractivity contribution in [3.63, 3.8) is 0 Å². The van der Waals surface area contributed by atoms with Gasteiger partial charge in [-0.1, -0.05) is 59.3 Å². The van der Waals surface area contributed by atoms with Gasteiger partial charge in [0.25, 0.3) is 5.56 Å². The van der Waals surface area contributed by atoms with Crippen LogP contribution in [0.15, 0.2) is 64.7 Å². The summed E-state index contributed by atoms with van der Waals surface area (Å²) in [6.45, 7) is 4.10. The van der Waals surface area contributed by atoms with Crippen molar-refractivity contribution in [2.45, 2.75) is 24.8 Å². The van der Waals surface area contributed by atoms with Gasteiger partial charge in [0.05, 0.1) is 11.9 Å². The number of fused-ring (bicyclic) bond motifs is 1. The minimum absolute atomic E-state index is 0.167. The second-order valence-corrected chi connectivity index (χ2v) is 7.24. The first-order valence-corrected chi connectivity index (χ1v) is 9.32. The number of aromatic amines is 1. The molecule has 0 bridgehead atoms. The normalized spacial score (nSPS) is 11.2. The molecule has 2 aromatic heterocycles. The van der Waals surface area contributed by atoms with E-state index in [4.69, 9.17) is 0 Å². The first kappa shape index (κ1) is 16.6. The van der Waals surface area contributed by atoms with Crippen molar-refractivity contribution in [3.8, 4) is 5.69 Å². The van der Waals surface area contributed by atoms with Crippen LogP contribution in [0.4, 0.5) is 0 Å². The summed E-state index contributed by atoms with van der Waals surface area (Å²) in [5.74, 6) is 0.743. The van der Waals surface area contributed by atoms with Crippen LogP contribution in [0.5, 0.6) is 0 Å². The van der Waals surface area contributed by atoms with Crippen molar-refractivity contribution < 1.29 is 0 Å². The molecule has 2 aromatic carbocycles. The molecule has 0 aliphatic carbocycles. The van der Waals surface area contributed by atoms with Gasteiger partial charge in [-0.05, 0) is 31.5 Å². The van der Waals surface area contributed by atoms with Crippen LogP contribution in [0.2, 0.25) is 0 Å². The van der Waals surface area contributed by atoms with Gasteiger partial charge in [0, 0.05) is 5.75 Å². The average molecular weight is 362 g/mol. The van der Waals surface area contributed by atoms with Gasteiger partial charge in [-0.3, -0.25) is 4.79 Å². The Morgan fingerprint density at radius 3 is 2.35 bits per heavy atom. The summed E-state index contributed by atoms with van der Waals surface area (Å²) in [6.07, 6.45) is 1.56. The molecule has 0 amide bonds. The topological polar surface area (TPSA) is 63.6 Å². The summed E-state index contributed by atoms with van der Waals surface area (Å²) in [6, 6.07) is 16.3. The summed E-state index contributed by atoms with van der Waals surface area (Å²) >= 11 is 1.51. The Morgan fingerprint density at radius 2 is 1.65 bits per heavy atom. The Hall–Kier alpha value is -2.86. The van der Waals surface area contributed by atoms with Gasteiger partial charge in [0.15, 0.2) is 10.8 Å². The molecule has 0 saturated heterocycles. The Kier molecular flexibility index (Phi) is 4.34. The first-order chi connectivity index (χ1) is 12.6. The molecular weight excluding hydrogens is 344 g/mol. The number of aromatic nitrogens is 4. The quantitative estimate of drug-likeness (QED) is 0.440. The second-order valence-electron chi connectivity index (χ2n) is 6.27. The van der Waals surface area contributed by atoms with Gasteiger partial charge < -0.3 is 4.98 Å². The second kappa shape index (κ2) is 6.80. The fourth-order valence-corrected chi connectivity index (χ4v) is 3.49. The monoisotopic (exact) mass is 362 g/mol. The summed E-state index contributed by atoms with van der Waals surface area (Å²) in [4.78, 5) is 19.9. The Balaban J connectivity index is 1.68. The minimum atomic E-state index is -0.167. The van der Waals surface area contributed by atoms with Crippen LogP contribution < -0.4 is 5.56 Å². The van der Waals surface area contributed by atoms with Crippen molar-refractivity contribution in [1.82, 2.24) is 19.7 Å². The van der Waals surface area contributed by atoms with E-state index in [2.05, 4.69) is 46.3 Å². The number of thioether (sulfide) groups is 1. The Bertz CT molecular complexity index is 1110. The lowest BCUT2D eigenvalue weighted by Crippen LogP contribution is -2.09. The molecule has 2 heterocycles. The smallest absolute Gasteiger partial charge is 0.262 e. The maximum atomic E-state index is 12.4. The van der Waals surface area contributed by atoms with Crippen LogP contribution in [0, 0.1) is 13.8 Å². The molecule has 0 unspecified atom stereocenters. The highest BCUT2D eigenvalue weighted by atomic mass is 32.2. The molecular formula is C20H18N4OS. The fraction of sp³-hybridized carbons (Fsp3) is 0.150. The van der Waals surface area contributed by atoms with Crippen LogP contribution in [0.1, 0.15) is 16.7 Å². The SMILES string of the molecule is Cc1ccc(CSc2nc3c(cnn3-c3ccc(C)cc3)c(=O)[nH]2)cc1. The fourth-order valence-electron chi connectivity index (χ4n) is 2.68. The number of rotatable bonds is 4. The number of hydrogen-bond acceptors (Lipinski definition) is 4. The van der Waals surface area contributed by atoms with E-state index in [0.29, 0.717) is 16.2 Å².